The first-order valence-electron chi connectivity index (χ1n) is 9.31. The quantitative estimate of drug-likeness (QED) is 0.544. The van der Waals surface area contributed by atoms with E-state index in [2.05, 4.69) is 15.6 Å². The van der Waals surface area contributed by atoms with Crippen LogP contribution in [0.2, 0.25) is 0 Å². The molecule has 0 aliphatic heterocycles. The standard InChI is InChI=1S/C23H19FN4O/c24-19-13-11-17(12-14-19)15-16-25-23(29)21-22(18-7-3-1-4-8-18)28(27-26-21)20-9-5-2-6-10-20/h1-14H,15-16H2,(H,25,29). The molecule has 0 aliphatic carbocycles. The van der Waals surface area contributed by atoms with Gasteiger partial charge in [0.05, 0.1) is 5.69 Å². The molecule has 1 aromatic heterocycles. The molecule has 0 spiro atoms. The normalized spacial score (nSPS) is 10.7. The molecule has 3 aromatic carbocycles. The predicted octanol–water partition coefficient (Wildman–Crippen LogP) is 4.05. The summed E-state index contributed by atoms with van der Waals surface area (Å²) < 4.78 is 14.7. The molecule has 0 bridgehead atoms. The minimum absolute atomic E-state index is 0.263. The lowest BCUT2D eigenvalue weighted by Crippen LogP contribution is -2.26. The number of hydrogen-bond donors (Lipinski definition) is 1. The first kappa shape index (κ1) is 18.6. The van der Waals surface area contributed by atoms with Gasteiger partial charge in [0.25, 0.3) is 5.91 Å². The highest BCUT2D eigenvalue weighted by Crippen LogP contribution is 2.25. The molecule has 0 fully saturated rings. The van der Waals surface area contributed by atoms with Crippen molar-refractivity contribution in [1.82, 2.24) is 20.3 Å². The van der Waals surface area contributed by atoms with Crippen molar-refractivity contribution in [1.29, 1.82) is 0 Å². The summed E-state index contributed by atoms with van der Waals surface area (Å²) in [5.41, 5.74) is 3.52. The number of para-hydroxylation sites is 1. The van der Waals surface area contributed by atoms with E-state index in [0.717, 1.165) is 16.8 Å². The second-order valence-corrected chi connectivity index (χ2v) is 6.53. The number of aromatic nitrogens is 3. The van der Waals surface area contributed by atoms with Crippen LogP contribution in [0.15, 0.2) is 84.9 Å². The molecule has 0 aliphatic rings. The minimum Gasteiger partial charge on any atom is -0.350 e. The lowest BCUT2D eigenvalue weighted by Gasteiger charge is -2.09. The zero-order chi connectivity index (χ0) is 20.1. The molecule has 0 saturated heterocycles. The molecule has 1 amide bonds. The third-order valence-electron chi connectivity index (χ3n) is 4.55. The fourth-order valence-corrected chi connectivity index (χ4v) is 3.09. The van der Waals surface area contributed by atoms with Gasteiger partial charge in [-0.1, -0.05) is 65.9 Å². The Kier molecular flexibility index (Phi) is 5.42. The Labute approximate surface area is 167 Å². The molecular formula is C23H19FN4O. The van der Waals surface area contributed by atoms with Gasteiger partial charge in [0.1, 0.15) is 11.5 Å². The van der Waals surface area contributed by atoms with E-state index in [1.807, 2.05) is 60.7 Å². The van der Waals surface area contributed by atoms with Gasteiger partial charge in [-0.2, -0.15) is 0 Å². The molecule has 0 radical (unpaired) electrons. The largest absolute Gasteiger partial charge is 0.350 e. The third-order valence-corrected chi connectivity index (χ3v) is 4.55. The van der Waals surface area contributed by atoms with E-state index < -0.39 is 0 Å². The smallest absolute Gasteiger partial charge is 0.274 e. The zero-order valence-electron chi connectivity index (χ0n) is 15.6. The van der Waals surface area contributed by atoms with E-state index in [1.54, 1.807) is 16.8 Å². The Morgan fingerprint density at radius 2 is 1.55 bits per heavy atom. The molecule has 4 rings (SSSR count). The van der Waals surface area contributed by atoms with Crippen molar-refractivity contribution in [3.05, 3.63) is 102 Å². The van der Waals surface area contributed by atoms with Crippen LogP contribution < -0.4 is 5.32 Å². The molecular weight excluding hydrogens is 367 g/mol. The SMILES string of the molecule is O=C(NCCc1ccc(F)cc1)c1nnn(-c2ccccc2)c1-c1ccccc1. The average molecular weight is 386 g/mol. The van der Waals surface area contributed by atoms with Crippen LogP contribution in [0, 0.1) is 5.82 Å². The third kappa shape index (κ3) is 4.21. The van der Waals surface area contributed by atoms with E-state index in [-0.39, 0.29) is 17.4 Å². The van der Waals surface area contributed by atoms with Gasteiger partial charge in [0.15, 0.2) is 5.69 Å². The number of nitrogens with zero attached hydrogens (tertiary/aromatic N) is 3. The number of benzene rings is 3. The summed E-state index contributed by atoms with van der Waals surface area (Å²) in [7, 11) is 0. The monoisotopic (exact) mass is 386 g/mol. The first-order valence-corrected chi connectivity index (χ1v) is 9.31. The zero-order valence-corrected chi connectivity index (χ0v) is 15.6. The Bertz CT molecular complexity index is 1090. The highest BCUT2D eigenvalue weighted by atomic mass is 19.1. The summed E-state index contributed by atoms with van der Waals surface area (Å²) in [5.74, 6) is -0.573. The molecule has 1 N–H and O–H groups in total. The molecule has 0 atom stereocenters. The summed E-state index contributed by atoms with van der Waals surface area (Å²) in [6, 6.07) is 25.4. The maximum atomic E-state index is 13.0. The molecule has 29 heavy (non-hydrogen) atoms. The molecule has 4 aromatic rings. The number of halogens is 1. The predicted molar refractivity (Wildman–Crippen MR) is 109 cm³/mol. The van der Waals surface area contributed by atoms with Crippen LogP contribution in [0.5, 0.6) is 0 Å². The van der Waals surface area contributed by atoms with E-state index in [1.165, 1.54) is 12.1 Å². The van der Waals surface area contributed by atoms with Crippen LogP contribution in [-0.4, -0.2) is 27.4 Å². The van der Waals surface area contributed by atoms with Crippen molar-refractivity contribution in [2.45, 2.75) is 6.42 Å². The van der Waals surface area contributed by atoms with Crippen LogP contribution in [0.3, 0.4) is 0 Å². The van der Waals surface area contributed by atoms with Gasteiger partial charge < -0.3 is 5.32 Å². The second-order valence-electron chi connectivity index (χ2n) is 6.53. The Balaban J connectivity index is 1.59. The van der Waals surface area contributed by atoms with Crippen molar-refractivity contribution in [3.63, 3.8) is 0 Å². The summed E-state index contributed by atoms with van der Waals surface area (Å²) in [6.45, 7) is 0.414. The summed E-state index contributed by atoms with van der Waals surface area (Å²) in [5, 5.41) is 11.3. The Morgan fingerprint density at radius 3 is 2.24 bits per heavy atom. The molecule has 144 valence electrons. The molecule has 6 heteroatoms. The average Bonchev–Trinajstić information content (AvgIpc) is 3.22. The lowest BCUT2D eigenvalue weighted by atomic mass is 10.1. The van der Waals surface area contributed by atoms with Crippen LogP contribution >= 0.6 is 0 Å². The van der Waals surface area contributed by atoms with Gasteiger partial charge in [-0.05, 0) is 36.2 Å². The minimum atomic E-state index is -0.298. The number of nitrogens with one attached hydrogen (secondary N) is 1. The van der Waals surface area contributed by atoms with Crippen LogP contribution in [0.4, 0.5) is 4.39 Å². The van der Waals surface area contributed by atoms with Gasteiger partial charge in [0, 0.05) is 12.1 Å². The second kappa shape index (κ2) is 8.48. The Morgan fingerprint density at radius 1 is 0.897 bits per heavy atom. The van der Waals surface area contributed by atoms with Crippen LogP contribution in [0.1, 0.15) is 16.1 Å². The van der Waals surface area contributed by atoms with E-state index in [0.29, 0.717) is 18.7 Å². The van der Waals surface area contributed by atoms with Crippen LogP contribution in [-0.2, 0) is 6.42 Å². The molecule has 5 nitrogen and oxygen atoms in total. The van der Waals surface area contributed by atoms with Crippen molar-refractivity contribution in [3.8, 4) is 16.9 Å². The lowest BCUT2D eigenvalue weighted by molar-refractivity contribution is 0.0949. The van der Waals surface area contributed by atoms with Crippen molar-refractivity contribution < 1.29 is 9.18 Å². The van der Waals surface area contributed by atoms with Gasteiger partial charge >= 0.3 is 0 Å². The maximum absolute atomic E-state index is 13.0. The van der Waals surface area contributed by atoms with Crippen molar-refractivity contribution >= 4 is 5.91 Å². The topological polar surface area (TPSA) is 59.8 Å². The van der Waals surface area contributed by atoms with Crippen molar-refractivity contribution in [2.24, 2.45) is 0 Å². The summed E-state index contributed by atoms with van der Waals surface area (Å²) in [6.07, 6.45) is 0.597. The van der Waals surface area contributed by atoms with E-state index in [4.69, 9.17) is 0 Å². The molecule has 0 saturated carbocycles. The van der Waals surface area contributed by atoms with Gasteiger partial charge in [0.2, 0.25) is 0 Å². The first-order chi connectivity index (χ1) is 14.2. The number of carbonyl (C=O) groups excluding carboxylic acids is 1. The number of carbonyl (C=O) groups is 1. The fraction of sp³-hybridized carbons (Fsp3) is 0.0870. The number of amides is 1. The summed E-state index contributed by atoms with van der Waals surface area (Å²) >= 11 is 0. The molecule has 1 heterocycles. The number of rotatable bonds is 6. The van der Waals surface area contributed by atoms with E-state index >= 15 is 0 Å². The fourth-order valence-electron chi connectivity index (χ4n) is 3.09. The van der Waals surface area contributed by atoms with Crippen molar-refractivity contribution in [2.75, 3.05) is 6.54 Å². The van der Waals surface area contributed by atoms with Gasteiger partial charge in [-0.15, -0.1) is 5.10 Å². The molecule has 0 unspecified atom stereocenters. The van der Waals surface area contributed by atoms with Gasteiger partial charge in [-0.3, -0.25) is 4.79 Å². The van der Waals surface area contributed by atoms with Crippen LogP contribution in [0.25, 0.3) is 16.9 Å². The highest BCUT2D eigenvalue weighted by Gasteiger charge is 2.21. The van der Waals surface area contributed by atoms with E-state index in [9.17, 15) is 9.18 Å². The summed E-state index contributed by atoms with van der Waals surface area (Å²) in [4.78, 5) is 12.8. The van der Waals surface area contributed by atoms with Gasteiger partial charge in [-0.25, -0.2) is 9.07 Å². The number of hydrogen-bond acceptors (Lipinski definition) is 3. The maximum Gasteiger partial charge on any atom is 0.274 e. The highest BCUT2D eigenvalue weighted by molar-refractivity contribution is 5.98. The Hall–Kier alpha value is -3.80.